The van der Waals surface area contributed by atoms with Crippen LogP contribution in [-0.4, -0.2) is 51.7 Å². The van der Waals surface area contributed by atoms with E-state index in [1.807, 2.05) is 36.4 Å². The molecule has 0 radical (unpaired) electrons. The number of nitrogens with one attached hydrogen (secondary N) is 2. The van der Waals surface area contributed by atoms with E-state index in [0.29, 0.717) is 40.1 Å². The number of H-pyrrole nitrogens is 1. The molecule has 11 nitrogen and oxygen atoms in total. The molecule has 5 rings (SSSR count). The minimum absolute atomic E-state index is 0.319. The maximum absolute atomic E-state index is 12.8. The number of nitrogens with zero attached hydrogens (tertiary/aromatic N) is 5. The van der Waals surface area contributed by atoms with Gasteiger partial charge < -0.3 is 19.5 Å². The molecule has 0 fully saturated rings. The number of anilines is 2. The van der Waals surface area contributed by atoms with Crippen molar-refractivity contribution in [3.05, 3.63) is 63.9 Å². The lowest BCUT2D eigenvalue weighted by molar-refractivity contribution is 0.354. The van der Waals surface area contributed by atoms with Gasteiger partial charge >= 0.3 is 0 Å². The minimum atomic E-state index is -0.549. The fourth-order valence-corrected chi connectivity index (χ4v) is 3.86. The molecule has 3 heterocycles. The zero-order valence-electron chi connectivity index (χ0n) is 17.5. The lowest BCUT2D eigenvalue weighted by Gasteiger charge is -2.28. The Hall–Kier alpha value is -4.41. The molecule has 162 valence electrons. The third-order valence-corrected chi connectivity index (χ3v) is 5.33. The highest BCUT2D eigenvalue weighted by molar-refractivity contribution is 5.76. The maximum Gasteiger partial charge on any atom is 0.288 e. The molecule has 0 unspecified atom stereocenters. The predicted octanol–water partition coefficient (Wildman–Crippen LogP) is 2.14. The molecule has 2 aromatic carbocycles. The summed E-state index contributed by atoms with van der Waals surface area (Å²) in [5, 5.41) is 22.0. The highest BCUT2D eigenvalue weighted by atomic mass is 16.5. The molecule has 1 aliphatic rings. The van der Waals surface area contributed by atoms with Gasteiger partial charge in [0.25, 0.3) is 5.56 Å². The van der Waals surface area contributed by atoms with E-state index in [2.05, 4.69) is 31.0 Å². The molecule has 0 amide bonds. The second-order valence-corrected chi connectivity index (χ2v) is 7.01. The van der Waals surface area contributed by atoms with Crippen molar-refractivity contribution >= 4 is 11.6 Å². The Kier molecular flexibility index (Phi) is 4.70. The summed E-state index contributed by atoms with van der Waals surface area (Å²) in [6, 6.07) is 12.4. The smallest absolute Gasteiger partial charge is 0.288 e. The molecule has 2 N–H and O–H groups in total. The van der Waals surface area contributed by atoms with Crippen LogP contribution < -0.4 is 25.1 Å². The van der Waals surface area contributed by atoms with E-state index < -0.39 is 6.04 Å². The number of aromatic nitrogens is 6. The summed E-state index contributed by atoms with van der Waals surface area (Å²) in [6.07, 6.45) is 0. The Morgan fingerprint density at radius 1 is 1.00 bits per heavy atom. The quantitative estimate of drug-likeness (QED) is 0.428. The van der Waals surface area contributed by atoms with Crippen LogP contribution >= 0.6 is 0 Å². The van der Waals surface area contributed by atoms with Crippen LogP contribution in [0.25, 0.3) is 11.3 Å². The first-order valence-electron chi connectivity index (χ1n) is 9.68. The average Bonchev–Trinajstić information content (AvgIpc) is 3.31. The second-order valence-electron chi connectivity index (χ2n) is 7.01. The number of methoxy groups -OCH3 is 3. The summed E-state index contributed by atoms with van der Waals surface area (Å²) in [7, 11) is 4.73. The molecule has 0 bridgehead atoms. The lowest BCUT2D eigenvalue weighted by atomic mass is 9.92. The standard InChI is InChI=1S/C21H19N7O4/c1-30-13-6-4-5-11(9-13)17-16-18(20(29)24-23-17)22-21-25-26-27-28(21)19(16)12-7-8-14(31-2)15(10-12)32-3/h4-10,19H,1-3H3,(H,24,29)(H,22,25,27)/t19-/m0/s1. The van der Waals surface area contributed by atoms with Gasteiger partial charge in [-0.2, -0.15) is 9.78 Å². The number of hydrogen-bond donors (Lipinski definition) is 2. The van der Waals surface area contributed by atoms with Crippen molar-refractivity contribution in [2.45, 2.75) is 6.04 Å². The van der Waals surface area contributed by atoms with Crippen molar-refractivity contribution in [3.63, 3.8) is 0 Å². The molecule has 1 aliphatic heterocycles. The second kappa shape index (κ2) is 7.69. The van der Waals surface area contributed by atoms with E-state index in [9.17, 15) is 4.79 Å². The summed E-state index contributed by atoms with van der Waals surface area (Å²) >= 11 is 0. The van der Waals surface area contributed by atoms with Gasteiger partial charge in [0.05, 0.1) is 27.0 Å². The summed E-state index contributed by atoms with van der Waals surface area (Å²) in [4.78, 5) is 12.8. The molecule has 11 heteroatoms. The molecular weight excluding hydrogens is 414 g/mol. The minimum Gasteiger partial charge on any atom is -0.497 e. The van der Waals surface area contributed by atoms with E-state index in [1.54, 1.807) is 32.1 Å². The highest BCUT2D eigenvalue weighted by Gasteiger charge is 2.34. The molecule has 1 atom stereocenters. The zero-order chi connectivity index (χ0) is 22.2. The van der Waals surface area contributed by atoms with Crippen LogP contribution in [0, 0.1) is 0 Å². The summed E-state index contributed by atoms with van der Waals surface area (Å²) < 4.78 is 17.8. The first-order chi connectivity index (χ1) is 15.6. The summed E-state index contributed by atoms with van der Waals surface area (Å²) in [5.74, 6) is 2.13. The first kappa shape index (κ1) is 19.5. The number of tetrazole rings is 1. The van der Waals surface area contributed by atoms with Crippen LogP contribution in [0.15, 0.2) is 47.3 Å². The van der Waals surface area contributed by atoms with Crippen LogP contribution in [-0.2, 0) is 0 Å². The molecule has 4 aromatic rings. The Balaban J connectivity index is 1.79. The molecular formula is C21H19N7O4. The van der Waals surface area contributed by atoms with Gasteiger partial charge in [0.2, 0.25) is 5.95 Å². The molecule has 0 saturated carbocycles. The van der Waals surface area contributed by atoms with Gasteiger partial charge in [-0.05, 0) is 40.3 Å². The van der Waals surface area contributed by atoms with E-state index in [0.717, 1.165) is 11.1 Å². The summed E-state index contributed by atoms with van der Waals surface area (Å²) in [5.41, 5.74) is 2.67. The lowest BCUT2D eigenvalue weighted by Crippen LogP contribution is -2.29. The van der Waals surface area contributed by atoms with E-state index >= 15 is 0 Å². The Morgan fingerprint density at radius 2 is 1.84 bits per heavy atom. The van der Waals surface area contributed by atoms with Crippen LogP contribution in [0.2, 0.25) is 0 Å². The number of hydrogen-bond acceptors (Lipinski definition) is 9. The van der Waals surface area contributed by atoms with Gasteiger partial charge in [-0.1, -0.05) is 23.3 Å². The van der Waals surface area contributed by atoms with Crippen molar-refractivity contribution in [1.82, 2.24) is 30.4 Å². The maximum atomic E-state index is 12.8. The monoisotopic (exact) mass is 433 g/mol. The third kappa shape index (κ3) is 3.02. The molecule has 0 spiro atoms. The Labute approximate surface area is 181 Å². The van der Waals surface area contributed by atoms with Crippen molar-refractivity contribution in [2.75, 3.05) is 26.6 Å². The zero-order valence-corrected chi connectivity index (χ0v) is 17.5. The van der Waals surface area contributed by atoms with Gasteiger partial charge in [-0.3, -0.25) is 4.79 Å². The normalized spacial score (nSPS) is 14.2. The van der Waals surface area contributed by atoms with Crippen molar-refractivity contribution in [3.8, 4) is 28.5 Å². The fourth-order valence-electron chi connectivity index (χ4n) is 3.86. The van der Waals surface area contributed by atoms with Gasteiger partial charge in [0, 0.05) is 11.1 Å². The van der Waals surface area contributed by atoms with E-state index in [-0.39, 0.29) is 5.56 Å². The van der Waals surface area contributed by atoms with Gasteiger partial charge in [-0.25, -0.2) is 5.10 Å². The molecule has 2 aromatic heterocycles. The van der Waals surface area contributed by atoms with Crippen LogP contribution in [0.4, 0.5) is 11.6 Å². The first-order valence-corrected chi connectivity index (χ1v) is 9.68. The van der Waals surface area contributed by atoms with E-state index in [1.165, 1.54) is 0 Å². The average molecular weight is 433 g/mol. The topological polar surface area (TPSA) is 129 Å². The van der Waals surface area contributed by atoms with Crippen LogP contribution in [0.5, 0.6) is 17.2 Å². The number of aromatic amines is 1. The van der Waals surface area contributed by atoms with Crippen LogP contribution in [0.1, 0.15) is 17.2 Å². The fraction of sp³-hybridized carbons (Fsp3) is 0.190. The molecule has 0 saturated heterocycles. The molecule has 32 heavy (non-hydrogen) atoms. The predicted molar refractivity (Wildman–Crippen MR) is 115 cm³/mol. The van der Waals surface area contributed by atoms with Crippen LogP contribution in [0.3, 0.4) is 0 Å². The van der Waals surface area contributed by atoms with Gasteiger partial charge in [-0.15, -0.1) is 0 Å². The number of fused-ring (bicyclic) bond motifs is 2. The van der Waals surface area contributed by atoms with Gasteiger partial charge in [0.15, 0.2) is 11.5 Å². The van der Waals surface area contributed by atoms with Crippen molar-refractivity contribution < 1.29 is 14.2 Å². The number of ether oxygens (including phenoxy) is 3. The van der Waals surface area contributed by atoms with Gasteiger partial charge in [0.1, 0.15) is 17.5 Å². The Bertz CT molecular complexity index is 1360. The summed E-state index contributed by atoms with van der Waals surface area (Å²) in [6.45, 7) is 0. The SMILES string of the molecule is COc1cccc(-c2n[nH]c(=O)c3c2[C@H](c2ccc(OC)c(OC)c2)n2nnnc2N3)c1. The number of rotatable bonds is 5. The van der Waals surface area contributed by atoms with Crippen molar-refractivity contribution in [2.24, 2.45) is 0 Å². The Morgan fingerprint density at radius 3 is 2.62 bits per heavy atom. The largest absolute Gasteiger partial charge is 0.497 e. The highest BCUT2D eigenvalue weighted by Crippen LogP contribution is 2.43. The third-order valence-electron chi connectivity index (χ3n) is 5.33. The number of benzene rings is 2. The van der Waals surface area contributed by atoms with Crippen molar-refractivity contribution in [1.29, 1.82) is 0 Å². The van der Waals surface area contributed by atoms with E-state index in [4.69, 9.17) is 14.2 Å². The molecule has 0 aliphatic carbocycles.